The third kappa shape index (κ3) is 3.15. The monoisotopic (exact) mass is 282 g/mol. The number of nitrogens with zero attached hydrogens (tertiary/aromatic N) is 2. The Morgan fingerprint density at radius 1 is 0.850 bits per heavy atom. The number of morpholine rings is 2. The first-order valence-electron chi connectivity index (χ1n) is 8.04. The van der Waals surface area contributed by atoms with Crippen molar-refractivity contribution < 1.29 is 14.3 Å². The van der Waals surface area contributed by atoms with Crippen LogP contribution >= 0.6 is 0 Å². The highest BCUT2D eigenvalue weighted by Gasteiger charge is 2.37. The van der Waals surface area contributed by atoms with Crippen molar-refractivity contribution in [3.05, 3.63) is 0 Å². The van der Waals surface area contributed by atoms with Crippen molar-refractivity contribution in [2.45, 2.75) is 31.7 Å². The molecule has 3 aliphatic rings. The predicted molar refractivity (Wildman–Crippen MR) is 75.5 cm³/mol. The van der Waals surface area contributed by atoms with Crippen LogP contribution < -0.4 is 0 Å². The van der Waals surface area contributed by atoms with Crippen LogP contribution in [0.4, 0.5) is 0 Å². The van der Waals surface area contributed by atoms with Gasteiger partial charge in [0.15, 0.2) is 0 Å². The van der Waals surface area contributed by atoms with Crippen LogP contribution in [0.3, 0.4) is 0 Å². The minimum Gasteiger partial charge on any atom is -0.379 e. The standard InChI is InChI=1S/C15H26N2O3/c18-15(17-7-11-20-12-8-17)13-3-1-2-4-14(13)16-5-9-19-10-6-16/h13-14H,1-12H2/t13-,14-/m0/s1. The second kappa shape index (κ2) is 6.87. The fraction of sp³-hybridized carbons (Fsp3) is 0.933. The second-order valence-electron chi connectivity index (χ2n) is 6.04. The molecule has 2 heterocycles. The molecule has 1 saturated carbocycles. The van der Waals surface area contributed by atoms with Crippen LogP contribution in [0.1, 0.15) is 25.7 Å². The quantitative estimate of drug-likeness (QED) is 0.749. The first-order chi connectivity index (χ1) is 9.86. The van der Waals surface area contributed by atoms with Gasteiger partial charge >= 0.3 is 0 Å². The Kier molecular flexibility index (Phi) is 4.91. The summed E-state index contributed by atoms with van der Waals surface area (Å²) in [5, 5.41) is 0. The summed E-state index contributed by atoms with van der Waals surface area (Å²) in [6.07, 6.45) is 4.68. The Morgan fingerprint density at radius 3 is 2.15 bits per heavy atom. The highest BCUT2D eigenvalue weighted by Crippen LogP contribution is 2.30. The summed E-state index contributed by atoms with van der Waals surface area (Å²) in [4.78, 5) is 17.3. The molecule has 0 spiro atoms. The molecule has 3 fully saturated rings. The topological polar surface area (TPSA) is 42.0 Å². The maximum atomic E-state index is 12.8. The van der Waals surface area contributed by atoms with E-state index in [9.17, 15) is 4.79 Å². The molecule has 0 unspecified atom stereocenters. The van der Waals surface area contributed by atoms with E-state index in [1.54, 1.807) is 0 Å². The Hall–Kier alpha value is -0.650. The normalized spacial score (nSPS) is 33.1. The smallest absolute Gasteiger partial charge is 0.227 e. The number of carbonyl (C=O) groups is 1. The van der Waals surface area contributed by atoms with Gasteiger partial charge in [-0.1, -0.05) is 12.8 Å². The van der Waals surface area contributed by atoms with Crippen LogP contribution in [-0.4, -0.2) is 74.4 Å². The Morgan fingerprint density at radius 2 is 1.45 bits per heavy atom. The number of amides is 1. The fourth-order valence-corrected chi connectivity index (χ4v) is 3.76. The lowest BCUT2D eigenvalue weighted by Gasteiger charge is -2.42. The molecule has 0 aromatic rings. The van der Waals surface area contributed by atoms with Gasteiger partial charge in [0, 0.05) is 32.2 Å². The van der Waals surface area contributed by atoms with Crippen LogP contribution in [0.15, 0.2) is 0 Å². The SMILES string of the molecule is O=C([C@H]1CCCC[C@@H]1N1CCOCC1)N1CCOCC1. The molecule has 0 bridgehead atoms. The average molecular weight is 282 g/mol. The van der Waals surface area contributed by atoms with E-state index in [1.165, 1.54) is 19.3 Å². The van der Waals surface area contributed by atoms with Crippen molar-refractivity contribution in [1.82, 2.24) is 9.80 Å². The zero-order valence-corrected chi connectivity index (χ0v) is 12.3. The van der Waals surface area contributed by atoms with E-state index in [-0.39, 0.29) is 5.92 Å². The molecular weight excluding hydrogens is 256 g/mol. The highest BCUT2D eigenvalue weighted by atomic mass is 16.5. The van der Waals surface area contributed by atoms with Crippen LogP contribution in [-0.2, 0) is 14.3 Å². The molecule has 0 radical (unpaired) electrons. The molecule has 2 atom stereocenters. The zero-order chi connectivity index (χ0) is 13.8. The molecule has 5 nitrogen and oxygen atoms in total. The summed E-state index contributed by atoms with van der Waals surface area (Å²) in [5.74, 6) is 0.560. The van der Waals surface area contributed by atoms with E-state index in [1.807, 2.05) is 4.90 Å². The van der Waals surface area contributed by atoms with Gasteiger partial charge in [-0.3, -0.25) is 9.69 Å². The molecule has 1 amide bonds. The van der Waals surface area contributed by atoms with Gasteiger partial charge in [0.2, 0.25) is 5.91 Å². The fourth-order valence-electron chi connectivity index (χ4n) is 3.76. The van der Waals surface area contributed by atoms with Crippen LogP contribution in [0.5, 0.6) is 0 Å². The minimum absolute atomic E-state index is 0.194. The number of carbonyl (C=O) groups excluding carboxylic acids is 1. The Balaban J connectivity index is 1.65. The number of ether oxygens (including phenoxy) is 2. The lowest BCUT2D eigenvalue weighted by atomic mass is 9.82. The lowest BCUT2D eigenvalue weighted by Crippen LogP contribution is -2.54. The van der Waals surface area contributed by atoms with Gasteiger partial charge in [-0.05, 0) is 12.8 Å². The first kappa shape index (κ1) is 14.3. The van der Waals surface area contributed by atoms with E-state index in [0.29, 0.717) is 25.2 Å². The Labute approximate surface area is 121 Å². The van der Waals surface area contributed by atoms with Gasteiger partial charge in [0.05, 0.1) is 32.3 Å². The molecule has 3 rings (SSSR count). The van der Waals surface area contributed by atoms with Gasteiger partial charge in [0.25, 0.3) is 0 Å². The van der Waals surface area contributed by atoms with Crippen molar-refractivity contribution in [3.8, 4) is 0 Å². The molecule has 20 heavy (non-hydrogen) atoms. The first-order valence-corrected chi connectivity index (χ1v) is 8.04. The van der Waals surface area contributed by atoms with Crippen molar-refractivity contribution in [2.75, 3.05) is 52.6 Å². The summed E-state index contributed by atoms with van der Waals surface area (Å²) in [6, 6.07) is 0.433. The molecule has 0 N–H and O–H groups in total. The summed E-state index contributed by atoms with van der Waals surface area (Å²) in [6.45, 7) is 6.52. The summed E-state index contributed by atoms with van der Waals surface area (Å²) >= 11 is 0. The maximum absolute atomic E-state index is 12.8. The van der Waals surface area contributed by atoms with Crippen LogP contribution in [0.25, 0.3) is 0 Å². The molecule has 5 heteroatoms. The van der Waals surface area contributed by atoms with Crippen LogP contribution in [0.2, 0.25) is 0 Å². The highest BCUT2D eigenvalue weighted by molar-refractivity contribution is 5.79. The molecular formula is C15H26N2O3. The lowest BCUT2D eigenvalue weighted by molar-refractivity contribution is -0.144. The molecule has 114 valence electrons. The molecule has 2 aliphatic heterocycles. The molecule has 2 saturated heterocycles. The summed E-state index contributed by atoms with van der Waals surface area (Å²) in [7, 11) is 0. The van der Waals surface area contributed by atoms with E-state index < -0.39 is 0 Å². The van der Waals surface area contributed by atoms with Crippen LogP contribution in [0, 0.1) is 5.92 Å². The van der Waals surface area contributed by atoms with Crippen molar-refractivity contribution in [1.29, 1.82) is 0 Å². The minimum atomic E-state index is 0.194. The summed E-state index contributed by atoms with van der Waals surface area (Å²) < 4.78 is 10.8. The third-order valence-electron chi connectivity index (χ3n) is 4.88. The number of rotatable bonds is 2. The Bertz CT molecular complexity index is 325. The molecule has 0 aromatic carbocycles. The maximum Gasteiger partial charge on any atom is 0.227 e. The van der Waals surface area contributed by atoms with Gasteiger partial charge in [0.1, 0.15) is 0 Å². The van der Waals surface area contributed by atoms with Gasteiger partial charge in [-0.25, -0.2) is 0 Å². The molecule has 0 aromatic heterocycles. The van der Waals surface area contributed by atoms with E-state index >= 15 is 0 Å². The zero-order valence-electron chi connectivity index (χ0n) is 12.3. The largest absolute Gasteiger partial charge is 0.379 e. The predicted octanol–water partition coefficient (Wildman–Crippen LogP) is 0.736. The van der Waals surface area contributed by atoms with Gasteiger partial charge in [-0.15, -0.1) is 0 Å². The average Bonchev–Trinajstić information content (AvgIpc) is 2.56. The van der Waals surface area contributed by atoms with E-state index in [4.69, 9.17) is 9.47 Å². The van der Waals surface area contributed by atoms with Gasteiger partial charge < -0.3 is 14.4 Å². The van der Waals surface area contributed by atoms with E-state index in [2.05, 4.69) is 4.90 Å². The van der Waals surface area contributed by atoms with Gasteiger partial charge in [-0.2, -0.15) is 0 Å². The number of hydrogen-bond donors (Lipinski definition) is 0. The van der Waals surface area contributed by atoms with Crippen molar-refractivity contribution in [3.63, 3.8) is 0 Å². The number of hydrogen-bond acceptors (Lipinski definition) is 4. The third-order valence-corrected chi connectivity index (χ3v) is 4.88. The van der Waals surface area contributed by atoms with Crippen molar-refractivity contribution >= 4 is 5.91 Å². The van der Waals surface area contributed by atoms with Crippen molar-refractivity contribution in [2.24, 2.45) is 5.92 Å². The van der Waals surface area contributed by atoms with E-state index in [0.717, 1.165) is 45.8 Å². The molecule has 1 aliphatic carbocycles. The summed E-state index contributed by atoms with van der Waals surface area (Å²) in [5.41, 5.74) is 0. The second-order valence-corrected chi connectivity index (χ2v) is 6.04.